The molecule has 2 aromatic heterocycles. The van der Waals surface area contributed by atoms with E-state index in [1.54, 1.807) is 7.11 Å². The lowest BCUT2D eigenvalue weighted by molar-refractivity contribution is 0.184. The van der Waals surface area contributed by atoms with Gasteiger partial charge < -0.3 is 9.14 Å². The Hall–Kier alpha value is -1.55. The van der Waals surface area contributed by atoms with Crippen molar-refractivity contribution in [2.75, 3.05) is 20.7 Å². The summed E-state index contributed by atoms with van der Waals surface area (Å²) in [5.74, 6) is 0.858. The van der Waals surface area contributed by atoms with Crippen molar-refractivity contribution in [2.24, 2.45) is 0 Å². The van der Waals surface area contributed by atoms with Gasteiger partial charge in [-0.3, -0.25) is 4.90 Å². The largest absolute Gasteiger partial charge is 0.497 e. The Morgan fingerprint density at radius 1 is 1.39 bits per heavy atom. The molecule has 0 saturated carbocycles. The highest BCUT2D eigenvalue weighted by molar-refractivity contribution is 5.46. The van der Waals surface area contributed by atoms with Gasteiger partial charge in [0.2, 0.25) is 0 Å². The second-order valence-corrected chi connectivity index (χ2v) is 4.99. The summed E-state index contributed by atoms with van der Waals surface area (Å²) in [5, 5.41) is 0. The van der Waals surface area contributed by atoms with Crippen molar-refractivity contribution in [2.45, 2.75) is 25.3 Å². The highest BCUT2D eigenvalue weighted by atomic mass is 16.5. The molecule has 4 heteroatoms. The van der Waals surface area contributed by atoms with E-state index in [1.165, 1.54) is 31.5 Å². The van der Waals surface area contributed by atoms with Crippen LogP contribution in [0.5, 0.6) is 5.75 Å². The van der Waals surface area contributed by atoms with E-state index in [-0.39, 0.29) is 0 Å². The minimum absolute atomic E-state index is 0.463. The molecule has 0 bridgehead atoms. The van der Waals surface area contributed by atoms with Gasteiger partial charge in [-0.25, -0.2) is 4.98 Å². The van der Waals surface area contributed by atoms with E-state index in [0.29, 0.717) is 6.04 Å². The van der Waals surface area contributed by atoms with Gasteiger partial charge in [0.25, 0.3) is 0 Å². The molecule has 0 aromatic carbocycles. The van der Waals surface area contributed by atoms with Crippen LogP contribution in [0.25, 0.3) is 5.65 Å². The minimum atomic E-state index is 0.463. The summed E-state index contributed by atoms with van der Waals surface area (Å²) < 4.78 is 7.30. The molecule has 96 valence electrons. The van der Waals surface area contributed by atoms with Gasteiger partial charge in [-0.05, 0) is 32.5 Å². The Kier molecular flexibility index (Phi) is 2.96. The van der Waals surface area contributed by atoms with Gasteiger partial charge in [0.1, 0.15) is 11.4 Å². The first-order chi connectivity index (χ1) is 8.78. The van der Waals surface area contributed by atoms with Crippen LogP contribution >= 0.6 is 0 Å². The molecule has 3 heterocycles. The molecular weight excluding hydrogens is 226 g/mol. The number of pyridine rings is 1. The molecule has 0 radical (unpaired) electrons. The number of ether oxygens (including phenoxy) is 1. The summed E-state index contributed by atoms with van der Waals surface area (Å²) >= 11 is 0. The van der Waals surface area contributed by atoms with Gasteiger partial charge in [0, 0.05) is 18.5 Å². The molecule has 1 aliphatic heterocycles. The van der Waals surface area contributed by atoms with E-state index >= 15 is 0 Å². The molecule has 3 rings (SSSR count). The molecule has 0 spiro atoms. The fourth-order valence-electron chi connectivity index (χ4n) is 2.72. The standard InChI is InChI=1S/C14H19N3O/c1-16-7-4-3-5-13(16)12-10-17-8-6-11(18-2)9-14(17)15-12/h6,8-10,13H,3-5,7H2,1-2H3. The molecule has 0 N–H and O–H groups in total. The van der Waals surface area contributed by atoms with Crippen molar-refractivity contribution < 1.29 is 4.74 Å². The summed E-state index contributed by atoms with van der Waals surface area (Å²) in [4.78, 5) is 7.14. The topological polar surface area (TPSA) is 29.8 Å². The number of fused-ring (bicyclic) bond motifs is 1. The van der Waals surface area contributed by atoms with Gasteiger partial charge in [0.15, 0.2) is 0 Å². The third-order valence-corrected chi connectivity index (χ3v) is 3.80. The van der Waals surface area contributed by atoms with Crippen molar-refractivity contribution in [3.8, 4) is 5.75 Å². The van der Waals surface area contributed by atoms with Crippen LogP contribution in [-0.2, 0) is 0 Å². The van der Waals surface area contributed by atoms with E-state index < -0.39 is 0 Å². The van der Waals surface area contributed by atoms with Crippen LogP contribution in [0, 0.1) is 0 Å². The molecule has 4 nitrogen and oxygen atoms in total. The number of piperidine rings is 1. The Labute approximate surface area is 107 Å². The average Bonchev–Trinajstić information content (AvgIpc) is 2.81. The number of imidazole rings is 1. The van der Waals surface area contributed by atoms with Gasteiger partial charge in [0.05, 0.1) is 18.8 Å². The van der Waals surface area contributed by atoms with Gasteiger partial charge >= 0.3 is 0 Å². The predicted molar refractivity (Wildman–Crippen MR) is 71.0 cm³/mol. The third-order valence-electron chi connectivity index (χ3n) is 3.80. The molecule has 1 saturated heterocycles. The van der Waals surface area contributed by atoms with Crippen LogP contribution in [0.15, 0.2) is 24.5 Å². The summed E-state index contributed by atoms with van der Waals surface area (Å²) in [5.41, 5.74) is 2.13. The maximum Gasteiger partial charge on any atom is 0.140 e. The molecule has 1 aliphatic rings. The first-order valence-corrected chi connectivity index (χ1v) is 6.51. The monoisotopic (exact) mass is 245 g/mol. The van der Waals surface area contributed by atoms with Crippen molar-refractivity contribution in [1.82, 2.24) is 14.3 Å². The Morgan fingerprint density at radius 3 is 3.06 bits per heavy atom. The summed E-state index contributed by atoms with van der Waals surface area (Å²) in [6.45, 7) is 1.17. The zero-order chi connectivity index (χ0) is 12.5. The fraction of sp³-hybridized carbons (Fsp3) is 0.500. The third kappa shape index (κ3) is 1.97. The smallest absolute Gasteiger partial charge is 0.140 e. The number of hydrogen-bond donors (Lipinski definition) is 0. The van der Waals surface area contributed by atoms with Gasteiger partial charge in [-0.1, -0.05) is 6.42 Å². The van der Waals surface area contributed by atoms with E-state index in [4.69, 9.17) is 9.72 Å². The predicted octanol–water partition coefficient (Wildman–Crippen LogP) is 2.50. The second-order valence-electron chi connectivity index (χ2n) is 4.99. The van der Waals surface area contributed by atoms with Crippen LogP contribution in [0.4, 0.5) is 0 Å². The molecule has 1 fully saturated rings. The molecule has 2 aromatic rings. The first-order valence-electron chi connectivity index (χ1n) is 6.51. The van der Waals surface area contributed by atoms with Gasteiger partial charge in [-0.15, -0.1) is 0 Å². The molecule has 1 atom stereocenters. The number of likely N-dealkylation sites (tertiary alicyclic amines) is 1. The lowest BCUT2D eigenvalue weighted by atomic mass is 10.0. The summed E-state index contributed by atoms with van der Waals surface area (Å²) in [6.07, 6.45) is 7.95. The molecule has 18 heavy (non-hydrogen) atoms. The quantitative estimate of drug-likeness (QED) is 0.814. The van der Waals surface area contributed by atoms with E-state index in [0.717, 1.165) is 11.4 Å². The van der Waals surface area contributed by atoms with Crippen LogP contribution in [0.3, 0.4) is 0 Å². The molecule has 0 aliphatic carbocycles. The van der Waals surface area contributed by atoms with E-state index in [1.807, 2.05) is 18.3 Å². The normalized spacial score (nSPS) is 21.3. The van der Waals surface area contributed by atoms with Crippen molar-refractivity contribution in [3.63, 3.8) is 0 Å². The maximum absolute atomic E-state index is 5.23. The van der Waals surface area contributed by atoms with Crippen LogP contribution in [-0.4, -0.2) is 35.0 Å². The summed E-state index contributed by atoms with van der Waals surface area (Å²) in [7, 11) is 3.87. The number of aromatic nitrogens is 2. The highest BCUT2D eigenvalue weighted by Crippen LogP contribution is 2.29. The highest BCUT2D eigenvalue weighted by Gasteiger charge is 2.22. The Bertz CT molecular complexity index is 549. The van der Waals surface area contributed by atoms with Crippen molar-refractivity contribution in [1.29, 1.82) is 0 Å². The number of nitrogens with zero attached hydrogens (tertiary/aromatic N) is 3. The second kappa shape index (κ2) is 4.61. The molecule has 0 amide bonds. The lowest BCUT2D eigenvalue weighted by Crippen LogP contribution is -2.29. The molecule has 1 unspecified atom stereocenters. The Balaban J connectivity index is 1.97. The van der Waals surface area contributed by atoms with Crippen LogP contribution in [0.1, 0.15) is 31.0 Å². The minimum Gasteiger partial charge on any atom is -0.497 e. The van der Waals surface area contributed by atoms with E-state index in [9.17, 15) is 0 Å². The van der Waals surface area contributed by atoms with Crippen molar-refractivity contribution >= 4 is 5.65 Å². The van der Waals surface area contributed by atoms with Crippen molar-refractivity contribution in [3.05, 3.63) is 30.2 Å². The van der Waals surface area contributed by atoms with Crippen LogP contribution in [0.2, 0.25) is 0 Å². The first kappa shape index (κ1) is 11.5. The lowest BCUT2D eigenvalue weighted by Gasteiger charge is -2.31. The average molecular weight is 245 g/mol. The van der Waals surface area contributed by atoms with Crippen LogP contribution < -0.4 is 4.74 Å². The fourth-order valence-corrected chi connectivity index (χ4v) is 2.72. The SMILES string of the molecule is COc1ccn2cc(C3CCCCN3C)nc2c1. The maximum atomic E-state index is 5.23. The zero-order valence-corrected chi connectivity index (χ0v) is 11.0. The summed E-state index contributed by atoms with van der Waals surface area (Å²) in [6, 6.07) is 4.40. The van der Waals surface area contributed by atoms with Gasteiger partial charge in [-0.2, -0.15) is 0 Å². The van der Waals surface area contributed by atoms with E-state index in [2.05, 4.69) is 22.5 Å². The number of rotatable bonds is 2. The number of hydrogen-bond acceptors (Lipinski definition) is 3. The number of methoxy groups -OCH3 is 1. The molecular formula is C14H19N3O. The zero-order valence-electron chi connectivity index (χ0n) is 11.0. The Morgan fingerprint density at radius 2 is 2.28 bits per heavy atom.